The number of rotatable bonds is 6. The van der Waals surface area contributed by atoms with Crippen LogP contribution in [0, 0.1) is 6.92 Å². The van der Waals surface area contributed by atoms with Crippen LogP contribution in [0.25, 0.3) is 17.1 Å². The maximum Gasteiger partial charge on any atom is 0.247 e. The number of amides is 1. The molecule has 0 aliphatic rings. The van der Waals surface area contributed by atoms with Crippen LogP contribution in [0.5, 0.6) is 5.88 Å². The van der Waals surface area contributed by atoms with Gasteiger partial charge in [-0.2, -0.15) is 14.9 Å². The molecular weight excluding hydrogens is 370 g/mol. The van der Waals surface area contributed by atoms with E-state index < -0.39 is 0 Å². The quantitative estimate of drug-likeness (QED) is 0.544. The molecule has 0 saturated carbocycles. The summed E-state index contributed by atoms with van der Waals surface area (Å²) in [6.07, 6.45) is 5.11. The standard InChI is InChI=1S/C20H19N7O2/c1-14-10-18(27(25-14)17-7-3-4-9-21-17)24-19(28)13-26-12-15(11-22-26)16-6-5-8-20(23-16)29-2/h3-12H,13H2,1-2H3,(H,24,28). The third-order valence-corrected chi connectivity index (χ3v) is 4.13. The predicted molar refractivity (Wildman–Crippen MR) is 107 cm³/mol. The number of nitrogens with zero attached hydrogens (tertiary/aromatic N) is 6. The van der Waals surface area contributed by atoms with Crippen molar-refractivity contribution in [3.63, 3.8) is 0 Å². The highest BCUT2D eigenvalue weighted by Gasteiger charge is 2.13. The fourth-order valence-corrected chi connectivity index (χ4v) is 2.84. The van der Waals surface area contributed by atoms with E-state index in [9.17, 15) is 4.79 Å². The van der Waals surface area contributed by atoms with E-state index in [1.807, 2.05) is 37.3 Å². The van der Waals surface area contributed by atoms with Crippen LogP contribution < -0.4 is 10.1 Å². The number of methoxy groups -OCH3 is 1. The van der Waals surface area contributed by atoms with Gasteiger partial charge < -0.3 is 10.1 Å². The Labute approximate surface area is 167 Å². The molecule has 4 aromatic heterocycles. The monoisotopic (exact) mass is 389 g/mol. The number of aromatic nitrogens is 6. The minimum atomic E-state index is -0.227. The molecule has 0 aliphatic heterocycles. The van der Waals surface area contributed by atoms with Crippen LogP contribution in [0.4, 0.5) is 5.82 Å². The summed E-state index contributed by atoms with van der Waals surface area (Å²) in [5, 5.41) is 11.5. The number of nitrogens with one attached hydrogen (secondary N) is 1. The van der Waals surface area contributed by atoms with E-state index in [1.54, 1.807) is 47.2 Å². The third kappa shape index (κ3) is 4.13. The van der Waals surface area contributed by atoms with Crippen molar-refractivity contribution in [1.82, 2.24) is 29.5 Å². The summed E-state index contributed by atoms with van der Waals surface area (Å²) in [7, 11) is 1.57. The molecule has 4 rings (SSSR count). The summed E-state index contributed by atoms with van der Waals surface area (Å²) in [6.45, 7) is 1.91. The number of aryl methyl sites for hydroxylation is 1. The Balaban J connectivity index is 1.48. The summed E-state index contributed by atoms with van der Waals surface area (Å²) in [4.78, 5) is 21.2. The molecule has 0 atom stereocenters. The van der Waals surface area contributed by atoms with Crippen molar-refractivity contribution in [3.8, 4) is 23.0 Å². The van der Waals surface area contributed by atoms with Gasteiger partial charge in [0.15, 0.2) is 5.82 Å². The second-order valence-electron chi connectivity index (χ2n) is 6.31. The molecule has 4 heterocycles. The molecular formula is C20H19N7O2. The van der Waals surface area contributed by atoms with E-state index in [0.717, 1.165) is 17.0 Å². The molecule has 0 spiro atoms. The van der Waals surface area contributed by atoms with E-state index in [2.05, 4.69) is 25.5 Å². The van der Waals surface area contributed by atoms with Gasteiger partial charge in [0.1, 0.15) is 12.4 Å². The van der Waals surface area contributed by atoms with Gasteiger partial charge in [-0.1, -0.05) is 12.1 Å². The molecule has 1 amide bonds. The topological polar surface area (TPSA) is 99.8 Å². The van der Waals surface area contributed by atoms with Crippen LogP contribution in [0.2, 0.25) is 0 Å². The number of pyridine rings is 2. The van der Waals surface area contributed by atoms with Crippen molar-refractivity contribution in [3.05, 3.63) is 66.7 Å². The Morgan fingerprint density at radius 1 is 1.21 bits per heavy atom. The lowest BCUT2D eigenvalue weighted by atomic mass is 10.2. The fourth-order valence-electron chi connectivity index (χ4n) is 2.84. The molecule has 0 aromatic carbocycles. The van der Waals surface area contributed by atoms with Crippen molar-refractivity contribution < 1.29 is 9.53 Å². The molecule has 0 saturated heterocycles. The van der Waals surface area contributed by atoms with E-state index in [4.69, 9.17) is 4.74 Å². The molecule has 0 radical (unpaired) electrons. The summed E-state index contributed by atoms with van der Waals surface area (Å²) in [5.74, 6) is 1.47. The minimum Gasteiger partial charge on any atom is -0.481 e. The highest BCUT2D eigenvalue weighted by atomic mass is 16.5. The lowest BCUT2D eigenvalue weighted by molar-refractivity contribution is -0.116. The first-order valence-electron chi connectivity index (χ1n) is 8.94. The van der Waals surface area contributed by atoms with Gasteiger partial charge in [0.25, 0.3) is 0 Å². The molecule has 9 heteroatoms. The van der Waals surface area contributed by atoms with E-state index >= 15 is 0 Å². The van der Waals surface area contributed by atoms with Crippen LogP contribution in [-0.4, -0.2) is 42.5 Å². The van der Waals surface area contributed by atoms with E-state index in [0.29, 0.717) is 17.5 Å². The number of hydrogen-bond donors (Lipinski definition) is 1. The van der Waals surface area contributed by atoms with Crippen molar-refractivity contribution in [2.75, 3.05) is 12.4 Å². The Hall–Kier alpha value is -4.01. The Morgan fingerprint density at radius 2 is 2.10 bits per heavy atom. The average Bonchev–Trinajstić information content (AvgIpc) is 3.35. The molecule has 0 aliphatic carbocycles. The smallest absolute Gasteiger partial charge is 0.247 e. The minimum absolute atomic E-state index is 0.0520. The van der Waals surface area contributed by atoms with Crippen LogP contribution in [0.3, 0.4) is 0 Å². The van der Waals surface area contributed by atoms with Crippen molar-refractivity contribution >= 4 is 11.7 Å². The third-order valence-electron chi connectivity index (χ3n) is 4.13. The molecule has 146 valence electrons. The van der Waals surface area contributed by atoms with Crippen molar-refractivity contribution in [1.29, 1.82) is 0 Å². The van der Waals surface area contributed by atoms with Gasteiger partial charge in [-0.3, -0.25) is 9.48 Å². The highest BCUT2D eigenvalue weighted by molar-refractivity contribution is 5.90. The first kappa shape index (κ1) is 18.4. The Bertz CT molecular complexity index is 1130. The van der Waals surface area contributed by atoms with Crippen molar-refractivity contribution in [2.45, 2.75) is 13.5 Å². The van der Waals surface area contributed by atoms with E-state index in [1.165, 1.54) is 0 Å². The van der Waals surface area contributed by atoms with Gasteiger partial charge in [0, 0.05) is 30.1 Å². The van der Waals surface area contributed by atoms with Gasteiger partial charge in [-0.15, -0.1) is 0 Å². The fraction of sp³-hybridized carbons (Fsp3) is 0.150. The Morgan fingerprint density at radius 3 is 2.90 bits per heavy atom. The van der Waals surface area contributed by atoms with Gasteiger partial charge in [0.05, 0.1) is 24.7 Å². The van der Waals surface area contributed by atoms with E-state index in [-0.39, 0.29) is 12.5 Å². The van der Waals surface area contributed by atoms with Gasteiger partial charge >= 0.3 is 0 Å². The zero-order valence-electron chi connectivity index (χ0n) is 16.0. The highest BCUT2D eigenvalue weighted by Crippen LogP contribution is 2.19. The number of ether oxygens (including phenoxy) is 1. The summed E-state index contributed by atoms with van der Waals surface area (Å²) < 4.78 is 8.30. The average molecular weight is 389 g/mol. The Kier molecular flexibility index (Phi) is 5.02. The molecule has 4 aromatic rings. The SMILES string of the molecule is COc1cccc(-c2cnn(CC(=O)Nc3cc(C)nn3-c3ccccn3)c2)n1. The summed E-state index contributed by atoms with van der Waals surface area (Å²) >= 11 is 0. The maximum absolute atomic E-state index is 12.6. The predicted octanol–water partition coefficient (Wildman–Crippen LogP) is 2.48. The van der Waals surface area contributed by atoms with Gasteiger partial charge in [-0.25, -0.2) is 9.97 Å². The van der Waals surface area contributed by atoms with Gasteiger partial charge in [-0.05, 0) is 25.1 Å². The van der Waals surface area contributed by atoms with Gasteiger partial charge in [0.2, 0.25) is 11.8 Å². The number of anilines is 1. The van der Waals surface area contributed by atoms with Crippen LogP contribution in [-0.2, 0) is 11.3 Å². The normalized spacial score (nSPS) is 10.7. The second kappa shape index (κ2) is 7.93. The zero-order valence-corrected chi connectivity index (χ0v) is 16.0. The molecule has 1 N–H and O–H groups in total. The first-order chi connectivity index (χ1) is 14.1. The summed E-state index contributed by atoms with van der Waals surface area (Å²) in [6, 6.07) is 12.8. The number of carbonyl (C=O) groups is 1. The van der Waals surface area contributed by atoms with Crippen LogP contribution in [0.1, 0.15) is 5.69 Å². The lowest BCUT2D eigenvalue weighted by Crippen LogP contribution is -2.21. The second-order valence-corrected chi connectivity index (χ2v) is 6.31. The van der Waals surface area contributed by atoms with Crippen LogP contribution >= 0.6 is 0 Å². The maximum atomic E-state index is 12.6. The molecule has 29 heavy (non-hydrogen) atoms. The number of carbonyl (C=O) groups excluding carboxylic acids is 1. The molecule has 9 nitrogen and oxygen atoms in total. The zero-order chi connectivity index (χ0) is 20.2. The van der Waals surface area contributed by atoms with Crippen molar-refractivity contribution in [2.24, 2.45) is 0 Å². The lowest BCUT2D eigenvalue weighted by Gasteiger charge is -2.08. The molecule has 0 fully saturated rings. The molecule has 0 unspecified atom stereocenters. The van der Waals surface area contributed by atoms with Crippen LogP contribution in [0.15, 0.2) is 61.1 Å². The number of hydrogen-bond acceptors (Lipinski definition) is 6. The largest absolute Gasteiger partial charge is 0.481 e. The first-order valence-corrected chi connectivity index (χ1v) is 8.94. The summed E-state index contributed by atoms with van der Waals surface area (Å²) in [5.41, 5.74) is 2.29. The molecule has 0 bridgehead atoms.